The van der Waals surface area contributed by atoms with E-state index in [1.54, 1.807) is 30.2 Å². The first-order valence-corrected chi connectivity index (χ1v) is 6.83. The van der Waals surface area contributed by atoms with Gasteiger partial charge in [0, 0.05) is 5.69 Å². The summed E-state index contributed by atoms with van der Waals surface area (Å²) in [7, 11) is 0. The first kappa shape index (κ1) is 14.1. The topological polar surface area (TPSA) is 102 Å². The third-order valence-corrected chi connectivity index (χ3v) is 3.31. The minimum absolute atomic E-state index is 0.217. The van der Waals surface area contributed by atoms with Crippen LogP contribution in [-0.2, 0) is 4.79 Å². The molecule has 8 nitrogen and oxygen atoms in total. The number of amides is 1. The van der Waals surface area contributed by atoms with Crippen LogP contribution in [0.2, 0.25) is 0 Å². The fourth-order valence-electron chi connectivity index (χ4n) is 2.21. The Kier molecular flexibility index (Phi) is 3.50. The summed E-state index contributed by atoms with van der Waals surface area (Å²) in [6, 6.07) is 3.22. The van der Waals surface area contributed by atoms with Crippen molar-refractivity contribution in [3.63, 3.8) is 0 Å². The van der Waals surface area contributed by atoms with Crippen LogP contribution in [0.3, 0.4) is 0 Å². The van der Waals surface area contributed by atoms with Crippen LogP contribution in [0.4, 0.5) is 5.95 Å². The lowest BCUT2D eigenvalue weighted by Crippen LogP contribution is -2.25. The van der Waals surface area contributed by atoms with Crippen LogP contribution >= 0.6 is 0 Å². The third-order valence-electron chi connectivity index (χ3n) is 3.31. The molecule has 1 atom stereocenters. The van der Waals surface area contributed by atoms with E-state index in [1.807, 2.05) is 19.9 Å². The number of anilines is 1. The van der Waals surface area contributed by atoms with Crippen molar-refractivity contribution in [2.24, 2.45) is 0 Å². The number of nitrogens with zero attached hydrogens (tertiary/aromatic N) is 4. The van der Waals surface area contributed by atoms with E-state index in [9.17, 15) is 4.79 Å². The monoisotopic (exact) mass is 300 g/mol. The van der Waals surface area contributed by atoms with E-state index in [1.165, 1.54) is 0 Å². The van der Waals surface area contributed by atoms with Crippen molar-refractivity contribution < 1.29 is 9.21 Å². The summed E-state index contributed by atoms with van der Waals surface area (Å²) in [5.74, 6) is 0.515. The van der Waals surface area contributed by atoms with Crippen LogP contribution < -0.4 is 5.32 Å². The molecular formula is C14H16N6O2. The number of rotatable bonds is 4. The largest absolute Gasteiger partial charge is 0.472 e. The van der Waals surface area contributed by atoms with Crippen molar-refractivity contribution in [1.29, 1.82) is 0 Å². The molecule has 3 aromatic rings. The Balaban J connectivity index is 1.73. The molecule has 0 radical (unpaired) electrons. The summed E-state index contributed by atoms with van der Waals surface area (Å²) >= 11 is 0. The average molecular weight is 300 g/mol. The van der Waals surface area contributed by atoms with Crippen molar-refractivity contribution >= 4 is 11.9 Å². The molecule has 0 aliphatic heterocycles. The maximum Gasteiger partial charge on any atom is 0.251 e. The van der Waals surface area contributed by atoms with Gasteiger partial charge in [-0.15, -0.1) is 5.10 Å². The molecule has 3 aromatic heterocycles. The van der Waals surface area contributed by atoms with Crippen LogP contribution in [0.15, 0.2) is 29.1 Å². The quantitative estimate of drug-likeness (QED) is 0.768. The van der Waals surface area contributed by atoms with E-state index >= 15 is 0 Å². The number of aromatic amines is 1. The lowest BCUT2D eigenvalue weighted by molar-refractivity contribution is -0.119. The normalized spacial score (nSPS) is 12.3. The zero-order chi connectivity index (χ0) is 15.7. The van der Waals surface area contributed by atoms with Crippen LogP contribution in [0, 0.1) is 13.8 Å². The molecule has 8 heteroatoms. The Morgan fingerprint density at radius 2 is 2.27 bits per heavy atom. The number of carbonyl (C=O) groups is 1. The van der Waals surface area contributed by atoms with Crippen LogP contribution in [0.25, 0.3) is 11.4 Å². The standard InChI is InChI=1S/C14H16N6O2/c1-8-6-9(2)20(19-8)10(3)13(21)16-14-15-12(17-18-14)11-4-5-22-7-11/h4-7,10H,1-3H3,(H2,15,16,17,18,21)/t10-/m1/s1. The van der Waals surface area contributed by atoms with Gasteiger partial charge in [-0.2, -0.15) is 10.1 Å². The van der Waals surface area contributed by atoms with Gasteiger partial charge < -0.3 is 4.42 Å². The summed E-state index contributed by atoms with van der Waals surface area (Å²) < 4.78 is 6.66. The van der Waals surface area contributed by atoms with Crippen molar-refractivity contribution in [3.8, 4) is 11.4 Å². The average Bonchev–Trinajstić information content (AvgIpc) is 3.18. The lowest BCUT2D eigenvalue weighted by atomic mass is 10.3. The highest BCUT2D eigenvalue weighted by Gasteiger charge is 2.19. The first-order valence-electron chi connectivity index (χ1n) is 6.83. The summed E-state index contributed by atoms with van der Waals surface area (Å²) in [5, 5.41) is 13.7. The Hall–Kier alpha value is -2.90. The van der Waals surface area contributed by atoms with Crippen LogP contribution in [0.5, 0.6) is 0 Å². The fraction of sp³-hybridized carbons (Fsp3) is 0.286. The van der Waals surface area contributed by atoms with E-state index in [-0.39, 0.29) is 11.9 Å². The van der Waals surface area contributed by atoms with Crippen LogP contribution in [0.1, 0.15) is 24.4 Å². The number of nitrogens with one attached hydrogen (secondary N) is 2. The van der Waals surface area contributed by atoms with Gasteiger partial charge in [0.05, 0.1) is 17.5 Å². The Labute approximate surface area is 126 Å². The molecule has 0 saturated carbocycles. The lowest BCUT2D eigenvalue weighted by Gasteiger charge is -2.12. The highest BCUT2D eigenvalue weighted by atomic mass is 16.3. The Morgan fingerprint density at radius 3 is 2.91 bits per heavy atom. The zero-order valence-corrected chi connectivity index (χ0v) is 12.5. The number of carbonyl (C=O) groups excluding carboxylic acids is 1. The van der Waals surface area contributed by atoms with E-state index in [0.29, 0.717) is 5.82 Å². The van der Waals surface area contributed by atoms with Gasteiger partial charge in [-0.3, -0.25) is 19.9 Å². The smallest absolute Gasteiger partial charge is 0.251 e. The molecule has 0 spiro atoms. The number of H-pyrrole nitrogens is 1. The van der Waals surface area contributed by atoms with Gasteiger partial charge in [-0.05, 0) is 32.9 Å². The number of aromatic nitrogens is 5. The molecule has 0 bridgehead atoms. The third kappa shape index (κ3) is 2.62. The summed E-state index contributed by atoms with van der Waals surface area (Å²) in [5.41, 5.74) is 2.56. The van der Waals surface area contributed by atoms with Gasteiger partial charge in [-0.25, -0.2) is 0 Å². The minimum atomic E-state index is -0.454. The van der Waals surface area contributed by atoms with E-state index < -0.39 is 6.04 Å². The van der Waals surface area contributed by atoms with Gasteiger partial charge in [0.2, 0.25) is 5.95 Å². The Morgan fingerprint density at radius 1 is 1.45 bits per heavy atom. The fourth-order valence-corrected chi connectivity index (χ4v) is 2.21. The number of aryl methyl sites for hydroxylation is 2. The van der Waals surface area contributed by atoms with E-state index in [2.05, 4.69) is 25.6 Å². The van der Waals surface area contributed by atoms with Gasteiger partial charge in [0.1, 0.15) is 12.3 Å². The second-order valence-corrected chi connectivity index (χ2v) is 5.06. The van der Waals surface area contributed by atoms with Gasteiger partial charge in [-0.1, -0.05) is 0 Å². The molecular weight excluding hydrogens is 284 g/mol. The molecule has 2 N–H and O–H groups in total. The molecule has 3 heterocycles. The van der Waals surface area contributed by atoms with Crippen LogP contribution in [-0.4, -0.2) is 30.9 Å². The summed E-state index contributed by atoms with van der Waals surface area (Å²) in [6.45, 7) is 5.58. The maximum atomic E-state index is 12.3. The van der Waals surface area contributed by atoms with Crippen molar-refractivity contribution in [2.45, 2.75) is 26.8 Å². The molecule has 22 heavy (non-hydrogen) atoms. The highest BCUT2D eigenvalue weighted by molar-refractivity contribution is 5.92. The SMILES string of the molecule is Cc1cc(C)n([C@H](C)C(=O)Nc2n[nH]c(-c3ccoc3)n2)n1. The summed E-state index contributed by atoms with van der Waals surface area (Å²) in [6.07, 6.45) is 3.09. The highest BCUT2D eigenvalue weighted by Crippen LogP contribution is 2.17. The first-order chi connectivity index (χ1) is 10.5. The van der Waals surface area contributed by atoms with E-state index in [0.717, 1.165) is 17.0 Å². The zero-order valence-electron chi connectivity index (χ0n) is 12.5. The molecule has 0 saturated heterocycles. The second-order valence-electron chi connectivity index (χ2n) is 5.06. The minimum Gasteiger partial charge on any atom is -0.472 e. The number of hydrogen-bond donors (Lipinski definition) is 2. The molecule has 0 aromatic carbocycles. The predicted molar refractivity (Wildman–Crippen MR) is 79.1 cm³/mol. The van der Waals surface area contributed by atoms with Crippen molar-refractivity contribution in [1.82, 2.24) is 25.0 Å². The second kappa shape index (κ2) is 5.47. The predicted octanol–water partition coefficient (Wildman–Crippen LogP) is 2.08. The molecule has 0 aliphatic carbocycles. The molecule has 3 rings (SSSR count). The molecule has 0 fully saturated rings. The molecule has 0 unspecified atom stereocenters. The van der Waals surface area contributed by atoms with E-state index in [4.69, 9.17) is 4.42 Å². The van der Waals surface area contributed by atoms with Gasteiger partial charge in [0.25, 0.3) is 5.91 Å². The molecule has 1 amide bonds. The summed E-state index contributed by atoms with van der Waals surface area (Å²) in [4.78, 5) is 16.5. The maximum absolute atomic E-state index is 12.3. The Bertz CT molecular complexity index is 786. The molecule has 114 valence electrons. The van der Waals surface area contributed by atoms with Crippen molar-refractivity contribution in [3.05, 3.63) is 36.0 Å². The van der Waals surface area contributed by atoms with Gasteiger partial charge >= 0.3 is 0 Å². The molecule has 0 aliphatic rings. The van der Waals surface area contributed by atoms with Crippen molar-refractivity contribution in [2.75, 3.05) is 5.32 Å². The number of furan rings is 1. The van der Waals surface area contributed by atoms with Gasteiger partial charge in [0.15, 0.2) is 5.82 Å². The number of hydrogen-bond acceptors (Lipinski definition) is 5.